The van der Waals surface area contributed by atoms with Crippen molar-refractivity contribution < 1.29 is 4.74 Å². The molecular formula is C25H38N6O. The summed E-state index contributed by atoms with van der Waals surface area (Å²) in [6.07, 6.45) is 2.90. The molecule has 174 valence electrons. The summed E-state index contributed by atoms with van der Waals surface area (Å²) in [5.74, 6) is 1.87. The molecule has 2 heterocycles. The van der Waals surface area contributed by atoms with Gasteiger partial charge in [0.2, 0.25) is 0 Å². The zero-order valence-corrected chi connectivity index (χ0v) is 19.8. The number of benzene rings is 1. The maximum absolute atomic E-state index is 5.48. The fraction of sp³-hybridized carbons (Fsp3) is 0.520. The Morgan fingerprint density at radius 1 is 1.16 bits per heavy atom. The molecule has 0 bridgehead atoms. The van der Waals surface area contributed by atoms with Crippen molar-refractivity contribution in [1.82, 2.24) is 20.5 Å². The van der Waals surface area contributed by atoms with Gasteiger partial charge in [0, 0.05) is 50.5 Å². The SMILES string of the molecule is CCNC(=NCc1cccnc1N1CCOCC1)NCCC(C)N(C)Cc1ccccc1. The molecule has 1 aliphatic rings. The molecule has 32 heavy (non-hydrogen) atoms. The highest BCUT2D eigenvalue weighted by atomic mass is 16.5. The minimum atomic E-state index is 0.469. The van der Waals surface area contributed by atoms with Crippen LogP contribution in [0.3, 0.4) is 0 Å². The van der Waals surface area contributed by atoms with Crippen LogP contribution in [0.1, 0.15) is 31.4 Å². The number of guanidine groups is 1. The first-order valence-electron chi connectivity index (χ1n) is 11.7. The van der Waals surface area contributed by atoms with Crippen LogP contribution in [0.15, 0.2) is 53.7 Å². The Labute approximate surface area is 192 Å². The third-order valence-electron chi connectivity index (χ3n) is 5.81. The van der Waals surface area contributed by atoms with E-state index < -0.39 is 0 Å². The third kappa shape index (κ3) is 7.50. The van der Waals surface area contributed by atoms with Crippen molar-refractivity contribution in [3.63, 3.8) is 0 Å². The zero-order chi connectivity index (χ0) is 22.6. The maximum Gasteiger partial charge on any atom is 0.191 e. The molecule has 0 aliphatic carbocycles. The van der Waals surface area contributed by atoms with E-state index in [-0.39, 0.29) is 0 Å². The molecule has 0 saturated carbocycles. The number of ether oxygens (including phenoxy) is 1. The van der Waals surface area contributed by atoms with E-state index in [1.54, 1.807) is 0 Å². The molecule has 1 unspecified atom stereocenters. The van der Waals surface area contributed by atoms with Gasteiger partial charge in [-0.15, -0.1) is 0 Å². The highest BCUT2D eigenvalue weighted by molar-refractivity contribution is 5.79. The number of rotatable bonds is 10. The highest BCUT2D eigenvalue weighted by Gasteiger charge is 2.16. The quantitative estimate of drug-likeness (QED) is 0.439. The first-order chi connectivity index (χ1) is 15.7. The van der Waals surface area contributed by atoms with Crippen LogP contribution >= 0.6 is 0 Å². The van der Waals surface area contributed by atoms with E-state index in [0.29, 0.717) is 12.6 Å². The molecular weight excluding hydrogens is 400 g/mol. The molecule has 2 aromatic rings. The lowest BCUT2D eigenvalue weighted by molar-refractivity contribution is 0.122. The smallest absolute Gasteiger partial charge is 0.191 e. The van der Waals surface area contributed by atoms with Crippen LogP contribution in [-0.4, -0.2) is 68.3 Å². The molecule has 0 spiro atoms. The molecule has 7 nitrogen and oxygen atoms in total. The second-order valence-electron chi connectivity index (χ2n) is 8.25. The zero-order valence-electron chi connectivity index (χ0n) is 19.8. The molecule has 3 rings (SSSR count). The van der Waals surface area contributed by atoms with Gasteiger partial charge in [-0.1, -0.05) is 36.4 Å². The molecule has 1 atom stereocenters. The molecule has 1 aliphatic heterocycles. The first-order valence-corrected chi connectivity index (χ1v) is 11.7. The Morgan fingerprint density at radius 2 is 1.94 bits per heavy atom. The average Bonchev–Trinajstić information content (AvgIpc) is 2.84. The Hall–Kier alpha value is -2.64. The molecule has 0 radical (unpaired) electrons. The lowest BCUT2D eigenvalue weighted by atomic mass is 10.1. The number of nitrogens with one attached hydrogen (secondary N) is 2. The predicted octanol–water partition coefficient (Wildman–Crippen LogP) is 2.88. The van der Waals surface area contributed by atoms with Gasteiger partial charge in [-0.25, -0.2) is 9.98 Å². The Bertz CT molecular complexity index is 822. The van der Waals surface area contributed by atoms with Crippen LogP contribution < -0.4 is 15.5 Å². The number of aromatic nitrogens is 1. The van der Waals surface area contributed by atoms with Crippen molar-refractivity contribution in [1.29, 1.82) is 0 Å². The van der Waals surface area contributed by atoms with Crippen molar-refractivity contribution in [2.75, 3.05) is 51.3 Å². The van der Waals surface area contributed by atoms with Crippen molar-refractivity contribution in [2.24, 2.45) is 4.99 Å². The van der Waals surface area contributed by atoms with Crippen molar-refractivity contribution in [3.05, 3.63) is 59.8 Å². The molecule has 1 saturated heterocycles. The molecule has 1 aromatic carbocycles. The van der Waals surface area contributed by atoms with Crippen LogP contribution in [0.25, 0.3) is 0 Å². The summed E-state index contributed by atoms with van der Waals surface area (Å²) in [7, 11) is 2.19. The summed E-state index contributed by atoms with van der Waals surface area (Å²) >= 11 is 0. The maximum atomic E-state index is 5.48. The summed E-state index contributed by atoms with van der Waals surface area (Å²) in [6, 6.07) is 15.2. The van der Waals surface area contributed by atoms with Gasteiger partial charge in [-0.2, -0.15) is 0 Å². The van der Waals surface area contributed by atoms with E-state index in [4.69, 9.17) is 9.73 Å². The summed E-state index contributed by atoms with van der Waals surface area (Å²) in [5.41, 5.74) is 2.49. The van der Waals surface area contributed by atoms with Gasteiger partial charge < -0.3 is 20.3 Å². The van der Waals surface area contributed by atoms with E-state index >= 15 is 0 Å². The summed E-state index contributed by atoms with van der Waals surface area (Å²) in [4.78, 5) is 14.1. The normalized spacial score (nSPS) is 15.6. The Morgan fingerprint density at radius 3 is 2.69 bits per heavy atom. The topological polar surface area (TPSA) is 65.0 Å². The molecule has 7 heteroatoms. The number of hydrogen-bond acceptors (Lipinski definition) is 5. The van der Waals surface area contributed by atoms with E-state index in [9.17, 15) is 0 Å². The van der Waals surface area contributed by atoms with Crippen molar-refractivity contribution in [2.45, 2.75) is 39.4 Å². The van der Waals surface area contributed by atoms with Crippen LogP contribution in [0.4, 0.5) is 5.82 Å². The fourth-order valence-electron chi connectivity index (χ4n) is 3.77. The fourth-order valence-corrected chi connectivity index (χ4v) is 3.77. The number of morpholine rings is 1. The van der Waals surface area contributed by atoms with Crippen molar-refractivity contribution >= 4 is 11.8 Å². The van der Waals surface area contributed by atoms with Crippen LogP contribution in [0.5, 0.6) is 0 Å². The van der Waals surface area contributed by atoms with Crippen molar-refractivity contribution in [3.8, 4) is 0 Å². The number of pyridine rings is 1. The summed E-state index contributed by atoms with van der Waals surface area (Å²) < 4.78 is 5.48. The van der Waals surface area contributed by atoms with E-state index in [1.807, 2.05) is 12.3 Å². The lowest BCUT2D eigenvalue weighted by Crippen LogP contribution is -2.40. The van der Waals surface area contributed by atoms with Gasteiger partial charge in [0.05, 0.1) is 19.8 Å². The van der Waals surface area contributed by atoms with Gasteiger partial charge >= 0.3 is 0 Å². The number of hydrogen-bond donors (Lipinski definition) is 2. The molecule has 2 N–H and O–H groups in total. The summed E-state index contributed by atoms with van der Waals surface area (Å²) in [5, 5.41) is 6.86. The average molecular weight is 439 g/mol. The minimum absolute atomic E-state index is 0.469. The molecule has 1 aromatic heterocycles. The predicted molar refractivity (Wildman–Crippen MR) is 132 cm³/mol. The molecule has 1 fully saturated rings. The van der Waals surface area contributed by atoms with Crippen LogP contribution in [-0.2, 0) is 17.8 Å². The Kier molecular flexibility index (Phi) is 9.78. The second-order valence-corrected chi connectivity index (χ2v) is 8.25. The van der Waals surface area contributed by atoms with Gasteiger partial charge in [0.15, 0.2) is 5.96 Å². The van der Waals surface area contributed by atoms with E-state index in [2.05, 4.69) is 82.7 Å². The van der Waals surface area contributed by atoms with Crippen LogP contribution in [0, 0.1) is 0 Å². The van der Waals surface area contributed by atoms with Gasteiger partial charge in [0.1, 0.15) is 5.82 Å². The minimum Gasteiger partial charge on any atom is -0.378 e. The first kappa shape index (κ1) is 24.0. The van der Waals surface area contributed by atoms with Crippen LogP contribution in [0.2, 0.25) is 0 Å². The largest absolute Gasteiger partial charge is 0.378 e. The number of nitrogens with zero attached hydrogens (tertiary/aromatic N) is 4. The summed E-state index contributed by atoms with van der Waals surface area (Å²) in [6.45, 7) is 10.9. The van der Waals surface area contributed by atoms with Gasteiger partial charge in [0.25, 0.3) is 0 Å². The Balaban J connectivity index is 1.52. The second kappa shape index (κ2) is 13.0. The lowest BCUT2D eigenvalue weighted by Gasteiger charge is -2.29. The number of aliphatic imine (C=N–C) groups is 1. The molecule has 0 amide bonds. The highest BCUT2D eigenvalue weighted by Crippen LogP contribution is 2.19. The third-order valence-corrected chi connectivity index (χ3v) is 5.81. The monoisotopic (exact) mass is 438 g/mol. The number of anilines is 1. The van der Waals surface area contributed by atoms with E-state index in [1.165, 1.54) is 5.56 Å². The van der Waals surface area contributed by atoms with Gasteiger partial charge in [-0.3, -0.25) is 4.90 Å². The van der Waals surface area contributed by atoms with E-state index in [0.717, 1.165) is 69.7 Å². The van der Waals surface area contributed by atoms with Gasteiger partial charge in [-0.05, 0) is 38.9 Å². The standard InChI is InChI=1S/C25H38N6O/c1-4-26-25(28-14-12-21(2)30(3)20-22-9-6-5-7-10-22)29-19-23-11-8-13-27-24(23)31-15-17-32-18-16-31/h5-11,13,21H,4,12,14-20H2,1-3H3,(H2,26,28,29).